The summed E-state index contributed by atoms with van der Waals surface area (Å²) < 4.78 is 0. The van der Waals surface area contributed by atoms with E-state index in [0.717, 1.165) is 5.84 Å². The number of nitrogens with zero attached hydrogens (tertiary/aromatic N) is 1. The topological polar surface area (TPSA) is 50.4 Å². The lowest BCUT2D eigenvalue weighted by molar-refractivity contribution is 0.712. The summed E-state index contributed by atoms with van der Waals surface area (Å²) in [5.41, 5.74) is 4.16. The summed E-state index contributed by atoms with van der Waals surface area (Å²) in [4.78, 5) is 6.83. The number of fused-ring (bicyclic) bond motifs is 1. The molecule has 3 N–H and O–H groups in total. The molecule has 0 saturated carbocycles. The van der Waals surface area contributed by atoms with Crippen LogP contribution in [0.5, 0.6) is 0 Å². The van der Waals surface area contributed by atoms with E-state index in [4.69, 9.17) is 5.84 Å². The first-order valence-electron chi connectivity index (χ1n) is 5.40. The van der Waals surface area contributed by atoms with E-state index in [9.17, 15) is 0 Å². The molecule has 0 aliphatic heterocycles. The number of nitrogens with one attached hydrogen (secondary N) is 1. The monoisotopic (exact) mass is 223 g/mol. The molecule has 0 bridgehead atoms. The molecule has 0 aromatic carbocycles. The molecular weight excluding hydrogens is 206 g/mol. The van der Waals surface area contributed by atoms with Crippen molar-refractivity contribution < 1.29 is 0 Å². The van der Waals surface area contributed by atoms with Crippen LogP contribution in [-0.2, 0) is 12.8 Å². The molecule has 0 saturated heterocycles. The minimum atomic E-state index is 0.799. The Bertz CT molecular complexity index is 344. The summed E-state index contributed by atoms with van der Waals surface area (Å²) in [5, 5.41) is 0. The summed E-state index contributed by atoms with van der Waals surface area (Å²) in [6, 6.07) is 2.24. The van der Waals surface area contributed by atoms with Crippen molar-refractivity contribution in [3.63, 3.8) is 0 Å². The zero-order valence-corrected chi connectivity index (χ0v) is 9.86. The number of hydrazine groups is 1. The highest BCUT2D eigenvalue weighted by molar-refractivity contribution is 7.14. The normalized spacial score (nSPS) is 17.1. The molecule has 0 atom stereocenters. The molecule has 1 heterocycles. The highest BCUT2D eigenvalue weighted by atomic mass is 32.1. The summed E-state index contributed by atoms with van der Waals surface area (Å²) in [6.07, 6.45) is 6.44. The molecule has 2 rings (SSSR count). The second-order valence-corrected chi connectivity index (χ2v) is 4.97. The molecule has 1 aliphatic carbocycles. The van der Waals surface area contributed by atoms with Gasteiger partial charge >= 0.3 is 0 Å². The minimum Gasteiger partial charge on any atom is -0.308 e. The lowest BCUT2D eigenvalue weighted by Crippen LogP contribution is -2.30. The largest absolute Gasteiger partial charge is 0.308 e. The Morgan fingerprint density at radius 3 is 2.93 bits per heavy atom. The molecular formula is C11H17N3S. The van der Waals surface area contributed by atoms with Gasteiger partial charge in [-0.1, -0.05) is 6.42 Å². The first kappa shape index (κ1) is 10.6. The Morgan fingerprint density at radius 1 is 1.40 bits per heavy atom. The van der Waals surface area contributed by atoms with Crippen LogP contribution in [0.2, 0.25) is 0 Å². The standard InChI is InChI=1S/C11H17N3S/c1-13-11(14-12)10-7-8-5-3-2-4-6-9(8)15-10/h7H,2-6,12H2,1H3,(H,13,14). The predicted molar refractivity (Wildman–Crippen MR) is 65.4 cm³/mol. The summed E-state index contributed by atoms with van der Waals surface area (Å²) in [5.74, 6) is 6.23. The van der Waals surface area contributed by atoms with Crippen LogP contribution < -0.4 is 11.3 Å². The van der Waals surface area contributed by atoms with Crippen molar-refractivity contribution in [2.45, 2.75) is 32.1 Å². The van der Waals surface area contributed by atoms with Crippen molar-refractivity contribution in [2.75, 3.05) is 7.05 Å². The van der Waals surface area contributed by atoms with Gasteiger partial charge in [0.2, 0.25) is 0 Å². The minimum absolute atomic E-state index is 0.799. The van der Waals surface area contributed by atoms with Crippen LogP contribution >= 0.6 is 11.3 Å². The van der Waals surface area contributed by atoms with Crippen molar-refractivity contribution in [1.29, 1.82) is 0 Å². The third-order valence-corrected chi connectivity index (χ3v) is 4.08. The molecule has 4 heteroatoms. The van der Waals surface area contributed by atoms with Gasteiger partial charge in [0.1, 0.15) is 0 Å². The Hall–Kier alpha value is -0.870. The van der Waals surface area contributed by atoms with E-state index < -0.39 is 0 Å². The predicted octanol–water partition coefficient (Wildman–Crippen LogP) is 1.86. The van der Waals surface area contributed by atoms with Gasteiger partial charge in [-0.2, -0.15) is 0 Å². The van der Waals surface area contributed by atoms with Gasteiger partial charge in [0.25, 0.3) is 0 Å². The van der Waals surface area contributed by atoms with E-state index in [1.807, 2.05) is 11.3 Å². The van der Waals surface area contributed by atoms with Crippen LogP contribution in [0.3, 0.4) is 0 Å². The Morgan fingerprint density at radius 2 is 2.20 bits per heavy atom. The molecule has 1 aliphatic rings. The second-order valence-electron chi connectivity index (χ2n) is 3.84. The lowest BCUT2D eigenvalue weighted by Gasteiger charge is -1.99. The molecule has 15 heavy (non-hydrogen) atoms. The number of rotatable bonds is 1. The van der Waals surface area contributed by atoms with Gasteiger partial charge in [0.05, 0.1) is 4.88 Å². The molecule has 0 unspecified atom stereocenters. The number of thiophene rings is 1. The maximum Gasteiger partial charge on any atom is 0.152 e. The van der Waals surface area contributed by atoms with Gasteiger partial charge in [0.15, 0.2) is 5.84 Å². The smallest absolute Gasteiger partial charge is 0.152 e. The number of aliphatic imine (C=N–C) groups is 1. The maximum absolute atomic E-state index is 5.43. The number of aryl methyl sites for hydroxylation is 2. The number of hydrogen-bond donors (Lipinski definition) is 2. The van der Waals surface area contributed by atoms with Gasteiger partial charge in [0, 0.05) is 11.9 Å². The molecule has 0 amide bonds. The van der Waals surface area contributed by atoms with Crippen LogP contribution in [0.15, 0.2) is 11.1 Å². The molecule has 0 fully saturated rings. The molecule has 82 valence electrons. The Kier molecular flexibility index (Phi) is 3.38. The van der Waals surface area contributed by atoms with Gasteiger partial charge in [-0.25, -0.2) is 5.84 Å². The average molecular weight is 223 g/mol. The average Bonchev–Trinajstić information content (AvgIpc) is 2.52. The maximum atomic E-state index is 5.43. The number of nitrogens with two attached hydrogens (primary N) is 1. The van der Waals surface area contributed by atoms with Crippen LogP contribution in [-0.4, -0.2) is 12.9 Å². The number of hydrogen-bond acceptors (Lipinski definition) is 3. The zero-order valence-electron chi connectivity index (χ0n) is 9.05. The van der Waals surface area contributed by atoms with E-state index >= 15 is 0 Å². The van der Waals surface area contributed by atoms with Crippen molar-refractivity contribution >= 4 is 17.2 Å². The van der Waals surface area contributed by atoms with Crippen molar-refractivity contribution in [3.8, 4) is 0 Å². The molecule has 3 nitrogen and oxygen atoms in total. The Labute approximate surface area is 94.4 Å². The summed E-state index contributed by atoms with van der Waals surface area (Å²) in [6.45, 7) is 0. The fraction of sp³-hybridized carbons (Fsp3) is 0.545. The highest BCUT2D eigenvalue weighted by Crippen LogP contribution is 2.28. The van der Waals surface area contributed by atoms with Crippen LogP contribution in [0, 0.1) is 0 Å². The fourth-order valence-corrected chi connectivity index (χ4v) is 3.28. The van der Waals surface area contributed by atoms with E-state index in [1.165, 1.54) is 47.4 Å². The molecule has 0 spiro atoms. The summed E-state index contributed by atoms with van der Waals surface area (Å²) >= 11 is 1.83. The van der Waals surface area contributed by atoms with Crippen LogP contribution in [0.1, 0.15) is 34.6 Å². The fourth-order valence-electron chi connectivity index (χ4n) is 2.03. The number of amidine groups is 1. The van der Waals surface area contributed by atoms with Crippen molar-refractivity contribution in [3.05, 3.63) is 21.4 Å². The quantitative estimate of drug-likeness (QED) is 0.251. The molecule has 0 radical (unpaired) electrons. The van der Waals surface area contributed by atoms with E-state index in [-0.39, 0.29) is 0 Å². The second kappa shape index (κ2) is 4.77. The third kappa shape index (κ3) is 2.21. The molecule has 1 aromatic heterocycles. The van der Waals surface area contributed by atoms with Crippen molar-refractivity contribution in [2.24, 2.45) is 10.8 Å². The van der Waals surface area contributed by atoms with E-state index in [2.05, 4.69) is 16.5 Å². The van der Waals surface area contributed by atoms with Crippen molar-refractivity contribution in [1.82, 2.24) is 5.43 Å². The molecule has 1 aromatic rings. The zero-order chi connectivity index (χ0) is 10.7. The van der Waals surface area contributed by atoms with Gasteiger partial charge < -0.3 is 5.43 Å². The third-order valence-electron chi connectivity index (χ3n) is 2.84. The van der Waals surface area contributed by atoms with Crippen LogP contribution in [0.25, 0.3) is 0 Å². The summed E-state index contributed by atoms with van der Waals surface area (Å²) in [7, 11) is 1.76. The SMILES string of the molecule is CN=C(NN)c1cc2c(s1)CCCCC2. The van der Waals surface area contributed by atoms with E-state index in [0.29, 0.717) is 0 Å². The Balaban J connectivity index is 2.29. The lowest BCUT2D eigenvalue weighted by atomic mass is 10.1. The van der Waals surface area contributed by atoms with E-state index in [1.54, 1.807) is 7.05 Å². The van der Waals surface area contributed by atoms with Gasteiger partial charge in [-0.15, -0.1) is 11.3 Å². The van der Waals surface area contributed by atoms with Gasteiger partial charge in [-0.05, 0) is 37.3 Å². The first-order valence-corrected chi connectivity index (χ1v) is 6.22. The first-order chi connectivity index (χ1) is 7.35. The van der Waals surface area contributed by atoms with Gasteiger partial charge in [-0.3, -0.25) is 4.99 Å². The van der Waals surface area contributed by atoms with Crippen LogP contribution in [0.4, 0.5) is 0 Å². The highest BCUT2D eigenvalue weighted by Gasteiger charge is 2.14.